The molecule has 1 rings (SSSR count). The highest BCUT2D eigenvalue weighted by Gasteiger charge is 2.36. The van der Waals surface area contributed by atoms with Crippen molar-refractivity contribution in [1.82, 2.24) is 0 Å². The molecule has 1 aliphatic rings. The highest BCUT2D eigenvalue weighted by molar-refractivity contribution is 7.87. The van der Waals surface area contributed by atoms with E-state index in [0.717, 1.165) is 0 Å². The maximum atomic E-state index is 10.9. The van der Waals surface area contributed by atoms with Gasteiger partial charge in [0.1, 0.15) is 4.75 Å². The lowest BCUT2D eigenvalue weighted by Crippen LogP contribution is -2.34. The van der Waals surface area contributed by atoms with E-state index in [1.165, 1.54) is 12.2 Å². The molecule has 0 aromatic heterocycles. The highest BCUT2D eigenvalue weighted by atomic mass is 32.2. The molecule has 0 aromatic rings. The molecule has 0 aromatic carbocycles. The molecule has 4 heteroatoms. The van der Waals surface area contributed by atoms with Crippen LogP contribution in [0.5, 0.6) is 0 Å². The smallest absolute Gasteiger partial charge is 0.278 e. The molecular formula is C8H10O3S. The van der Waals surface area contributed by atoms with Crippen molar-refractivity contribution >= 4 is 10.1 Å². The van der Waals surface area contributed by atoms with Crippen molar-refractivity contribution in [1.29, 1.82) is 0 Å². The predicted octanol–water partition coefficient (Wildman–Crippen LogP) is 1.32. The van der Waals surface area contributed by atoms with Gasteiger partial charge in [-0.1, -0.05) is 30.4 Å². The molecule has 0 saturated carbocycles. The van der Waals surface area contributed by atoms with E-state index in [0.29, 0.717) is 0 Å². The molecule has 0 spiro atoms. The Kier molecular flexibility index (Phi) is 2.21. The summed E-state index contributed by atoms with van der Waals surface area (Å²) in [6.45, 7) is 3.40. The van der Waals surface area contributed by atoms with E-state index in [-0.39, 0.29) is 6.42 Å². The van der Waals surface area contributed by atoms with E-state index in [1.807, 2.05) is 0 Å². The number of rotatable bonds is 2. The monoisotopic (exact) mass is 186 g/mol. The Morgan fingerprint density at radius 3 is 2.42 bits per heavy atom. The first kappa shape index (κ1) is 9.22. The van der Waals surface area contributed by atoms with Gasteiger partial charge in [0.15, 0.2) is 0 Å². The maximum Gasteiger partial charge on any atom is 0.278 e. The molecule has 1 aliphatic carbocycles. The second-order valence-corrected chi connectivity index (χ2v) is 4.34. The molecule has 1 atom stereocenters. The molecule has 0 bridgehead atoms. The standard InChI is InChI=1S/C8H10O3S/c1-2-8(12(9,10)11)6-4-3-5-7-8/h2-6H,1,7H2,(H,9,10,11). The van der Waals surface area contributed by atoms with Gasteiger partial charge in [-0.05, 0) is 6.42 Å². The molecule has 0 fully saturated rings. The summed E-state index contributed by atoms with van der Waals surface area (Å²) >= 11 is 0. The largest absolute Gasteiger partial charge is 0.285 e. The third-order valence-electron chi connectivity index (χ3n) is 1.89. The first-order chi connectivity index (χ1) is 5.52. The van der Waals surface area contributed by atoms with Crippen LogP contribution in [-0.2, 0) is 10.1 Å². The van der Waals surface area contributed by atoms with Gasteiger partial charge >= 0.3 is 0 Å². The van der Waals surface area contributed by atoms with Gasteiger partial charge in [-0.15, -0.1) is 6.58 Å². The lowest BCUT2D eigenvalue weighted by Gasteiger charge is -2.23. The van der Waals surface area contributed by atoms with Crippen LogP contribution in [0.15, 0.2) is 37.0 Å². The second kappa shape index (κ2) is 2.88. The van der Waals surface area contributed by atoms with Gasteiger partial charge in [0.25, 0.3) is 10.1 Å². The van der Waals surface area contributed by atoms with Crippen molar-refractivity contribution in [3.63, 3.8) is 0 Å². The van der Waals surface area contributed by atoms with Gasteiger partial charge < -0.3 is 0 Å². The molecule has 12 heavy (non-hydrogen) atoms. The van der Waals surface area contributed by atoms with Crippen molar-refractivity contribution in [2.45, 2.75) is 11.2 Å². The zero-order chi connectivity index (χ0) is 9.24. The molecule has 0 saturated heterocycles. The van der Waals surface area contributed by atoms with Crippen LogP contribution in [0.4, 0.5) is 0 Å². The molecule has 0 aliphatic heterocycles. The normalized spacial score (nSPS) is 28.8. The fourth-order valence-electron chi connectivity index (χ4n) is 1.07. The van der Waals surface area contributed by atoms with Crippen LogP contribution in [0.2, 0.25) is 0 Å². The lowest BCUT2D eigenvalue weighted by molar-refractivity contribution is 0.461. The predicted molar refractivity (Wildman–Crippen MR) is 47.4 cm³/mol. The van der Waals surface area contributed by atoms with Crippen LogP contribution < -0.4 is 0 Å². The van der Waals surface area contributed by atoms with Crippen LogP contribution in [0.1, 0.15) is 6.42 Å². The number of allylic oxidation sites excluding steroid dienone is 3. The van der Waals surface area contributed by atoms with Crippen LogP contribution in [0.25, 0.3) is 0 Å². The number of hydrogen-bond acceptors (Lipinski definition) is 2. The van der Waals surface area contributed by atoms with E-state index < -0.39 is 14.9 Å². The second-order valence-electron chi connectivity index (χ2n) is 2.63. The van der Waals surface area contributed by atoms with Crippen molar-refractivity contribution in [2.75, 3.05) is 0 Å². The summed E-state index contributed by atoms with van der Waals surface area (Å²) in [5, 5.41) is 0. The van der Waals surface area contributed by atoms with Gasteiger partial charge in [-0.2, -0.15) is 8.42 Å². The zero-order valence-electron chi connectivity index (χ0n) is 6.47. The quantitative estimate of drug-likeness (QED) is 0.522. The van der Waals surface area contributed by atoms with Crippen LogP contribution in [-0.4, -0.2) is 17.7 Å². The minimum atomic E-state index is -4.09. The molecule has 0 radical (unpaired) electrons. The molecular weight excluding hydrogens is 176 g/mol. The van der Waals surface area contributed by atoms with Crippen LogP contribution >= 0.6 is 0 Å². The third-order valence-corrected chi connectivity index (χ3v) is 3.32. The van der Waals surface area contributed by atoms with E-state index in [9.17, 15) is 8.42 Å². The molecule has 1 N–H and O–H groups in total. The van der Waals surface area contributed by atoms with Gasteiger partial charge in [0, 0.05) is 0 Å². The lowest BCUT2D eigenvalue weighted by atomic mass is 10.0. The van der Waals surface area contributed by atoms with Gasteiger partial charge in [-0.3, -0.25) is 4.55 Å². The summed E-state index contributed by atoms with van der Waals surface area (Å²) < 4.78 is 29.5. The maximum absolute atomic E-state index is 10.9. The third kappa shape index (κ3) is 1.35. The Balaban J connectivity index is 3.17. The van der Waals surface area contributed by atoms with Crippen molar-refractivity contribution in [2.24, 2.45) is 0 Å². The average molecular weight is 186 g/mol. The minimum absolute atomic E-state index is 0.242. The first-order valence-electron chi connectivity index (χ1n) is 3.47. The van der Waals surface area contributed by atoms with Gasteiger partial charge in [0.2, 0.25) is 0 Å². The van der Waals surface area contributed by atoms with Crippen LogP contribution in [0, 0.1) is 0 Å². The van der Waals surface area contributed by atoms with E-state index in [1.54, 1.807) is 18.2 Å². The number of hydrogen-bond donors (Lipinski definition) is 1. The summed E-state index contributed by atoms with van der Waals surface area (Å²) in [7, 11) is -4.09. The van der Waals surface area contributed by atoms with E-state index >= 15 is 0 Å². The fraction of sp³-hybridized carbons (Fsp3) is 0.250. The van der Waals surface area contributed by atoms with E-state index in [2.05, 4.69) is 6.58 Å². The van der Waals surface area contributed by atoms with Crippen molar-refractivity contribution < 1.29 is 13.0 Å². The van der Waals surface area contributed by atoms with Crippen molar-refractivity contribution in [3.8, 4) is 0 Å². The first-order valence-corrected chi connectivity index (χ1v) is 4.91. The topological polar surface area (TPSA) is 54.4 Å². The SMILES string of the molecule is C=CC1(S(=O)(=O)O)C=CC=CC1. The Morgan fingerprint density at radius 1 is 1.50 bits per heavy atom. The highest BCUT2D eigenvalue weighted by Crippen LogP contribution is 2.27. The van der Waals surface area contributed by atoms with E-state index in [4.69, 9.17) is 4.55 Å². The molecule has 1 unspecified atom stereocenters. The molecule has 3 nitrogen and oxygen atoms in total. The molecule has 0 amide bonds. The Labute approximate surface area is 71.8 Å². The Bertz CT molecular complexity index is 337. The van der Waals surface area contributed by atoms with Gasteiger partial charge in [-0.25, -0.2) is 0 Å². The average Bonchev–Trinajstić information content (AvgIpc) is 2.04. The minimum Gasteiger partial charge on any atom is -0.285 e. The zero-order valence-corrected chi connectivity index (χ0v) is 7.29. The van der Waals surface area contributed by atoms with Crippen molar-refractivity contribution in [3.05, 3.63) is 37.0 Å². The summed E-state index contributed by atoms with van der Waals surface area (Å²) in [6.07, 6.45) is 7.89. The molecule has 0 heterocycles. The summed E-state index contributed by atoms with van der Waals surface area (Å²) in [5.74, 6) is 0. The van der Waals surface area contributed by atoms with Gasteiger partial charge in [0.05, 0.1) is 0 Å². The van der Waals surface area contributed by atoms with Crippen LogP contribution in [0.3, 0.4) is 0 Å². The summed E-state index contributed by atoms with van der Waals surface area (Å²) in [6, 6.07) is 0. The Hall–Kier alpha value is -0.870. The molecule has 66 valence electrons. The summed E-state index contributed by atoms with van der Waals surface area (Å²) in [4.78, 5) is 0. The Morgan fingerprint density at radius 2 is 2.17 bits per heavy atom. The fourth-order valence-corrected chi connectivity index (χ4v) is 1.83. The summed E-state index contributed by atoms with van der Waals surface area (Å²) in [5.41, 5.74) is 0.